The molecule has 2 atom stereocenters. The minimum absolute atomic E-state index is 0.00801. The number of aromatic nitrogens is 3. The second-order valence-electron chi connectivity index (χ2n) is 12.0. The molecule has 0 spiro atoms. The van der Waals surface area contributed by atoms with E-state index in [4.69, 9.17) is 14.5 Å². The first-order valence-corrected chi connectivity index (χ1v) is 15.0. The summed E-state index contributed by atoms with van der Waals surface area (Å²) < 4.78 is 55.9. The van der Waals surface area contributed by atoms with Crippen LogP contribution in [-0.2, 0) is 37.0 Å². The maximum absolute atomic E-state index is 14.2. The zero-order chi connectivity index (χ0) is 30.6. The number of hydrogen-bond donors (Lipinski definition) is 1. The van der Waals surface area contributed by atoms with Crippen LogP contribution in [0.4, 0.5) is 13.2 Å². The number of carboxylic acid groups (broad SMARTS) is 1. The first kappa shape index (κ1) is 28.8. The van der Waals surface area contributed by atoms with Gasteiger partial charge in [0.25, 0.3) is 0 Å². The van der Waals surface area contributed by atoms with Crippen LogP contribution in [0.1, 0.15) is 82.3 Å². The molecule has 0 unspecified atom stereocenters. The Morgan fingerprint density at radius 3 is 2.52 bits per heavy atom. The molecule has 1 saturated carbocycles. The first-order valence-electron chi connectivity index (χ1n) is 15.0. The van der Waals surface area contributed by atoms with Crippen LogP contribution in [0.15, 0.2) is 48.5 Å². The Balaban J connectivity index is 1.16. The largest absolute Gasteiger partial charge is 0.488 e. The van der Waals surface area contributed by atoms with Gasteiger partial charge in [0.1, 0.15) is 23.7 Å². The van der Waals surface area contributed by atoms with Gasteiger partial charge in [0.2, 0.25) is 0 Å². The van der Waals surface area contributed by atoms with Crippen molar-refractivity contribution in [3.63, 3.8) is 0 Å². The summed E-state index contributed by atoms with van der Waals surface area (Å²) in [6.45, 7) is 4.15. The number of pyridine rings is 1. The van der Waals surface area contributed by atoms with Crippen molar-refractivity contribution in [2.24, 2.45) is 0 Å². The fourth-order valence-corrected chi connectivity index (χ4v) is 6.21. The van der Waals surface area contributed by atoms with Crippen LogP contribution in [0.25, 0.3) is 11.2 Å². The topological polar surface area (TPSA) is 89.7 Å². The predicted octanol–water partition coefficient (Wildman–Crippen LogP) is 6.51. The zero-order valence-electron chi connectivity index (χ0n) is 24.3. The van der Waals surface area contributed by atoms with E-state index < -0.39 is 17.7 Å². The van der Waals surface area contributed by atoms with E-state index in [1.807, 2.05) is 35.8 Å². The number of aromatic carboxylic acids is 1. The van der Waals surface area contributed by atoms with Gasteiger partial charge in [-0.05, 0) is 85.0 Å². The molecule has 4 aromatic rings. The Morgan fingerprint density at radius 2 is 1.86 bits per heavy atom. The molecule has 7 rings (SSSR count). The molecule has 2 fully saturated rings. The van der Waals surface area contributed by atoms with Crippen molar-refractivity contribution in [2.45, 2.75) is 76.5 Å². The third kappa shape index (κ3) is 5.66. The number of carboxylic acids is 1. The van der Waals surface area contributed by atoms with Crippen molar-refractivity contribution in [1.82, 2.24) is 19.4 Å². The molecule has 1 aliphatic carbocycles. The van der Waals surface area contributed by atoms with Crippen LogP contribution in [0.5, 0.6) is 5.75 Å². The zero-order valence-corrected chi connectivity index (χ0v) is 24.3. The molecular formula is C33H33F3N4O4. The van der Waals surface area contributed by atoms with Gasteiger partial charge in [-0.3, -0.25) is 4.90 Å². The van der Waals surface area contributed by atoms with Crippen LogP contribution in [-0.4, -0.2) is 49.8 Å². The van der Waals surface area contributed by atoms with Crippen molar-refractivity contribution in [3.8, 4) is 5.75 Å². The molecule has 2 aliphatic heterocycles. The smallest absolute Gasteiger partial charge is 0.419 e. The van der Waals surface area contributed by atoms with Gasteiger partial charge < -0.3 is 19.1 Å². The molecule has 44 heavy (non-hydrogen) atoms. The average Bonchev–Trinajstić information content (AvgIpc) is 3.77. The molecule has 1 N–H and O–H groups in total. The van der Waals surface area contributed by atoms with E-state index in [1.165, 1.54) is 30.5 Å². The van der Waals surface area contributed by atoms with Gasteiger partial charge in [0, 0.05) is 19.2 Å². The number of imidazole rings is 1. The quantitative estimate of drug-likeness (QED) is 0.232. The highest BCUT2D eigenvalue weighted by atomic mass is 19.4. The van der Waals surface area contributed by atoms with Crippen molar-refractivity contribution >= 4 is 17.1 Å². The van der Waals surface area contributed by atoms with Gasteiger partial charge in [-0.15, -0.1) is 0 Å². The molecule has 0 bridgehead atoms. The van der Waals surface area contributed by atoms with Crippen molar-refractivity contribution in [2.75, 3.05) is 13.2 Å². The van der Waals surface area contributed by atoms with Gasteiger partial charge >= 0.3 is 12.1 Å². The second kappa shape index (κ2) is 11.2. The van der Waals surface area contributed by atoms with Gasteiger partial charge in [0.15, 0.2) is 11.3 Å². The number of ether oxygens (including phenoxy) is 2. The summed E-state index contributed by atoms with van der Waals surface area (Å²) in [5, 5.41) is 9.49. The van der Waals surface area contributed by atoms with E-state index in [0.29, 0.717) is 61.1 Å². The fraction of sp³-hybridized carbons (Fsp3) is 0.424. The van der Waals surface area contributed by atoms with Crippen LogP contribution < -0.4 is 4.74 Å². The highest BCUT2D eigenvalue weighted by molar-refractivity contribution is 5.88. The van der Waals surface area contributed by atoms with E-state index in [0.717, 1.165) is 17.5 Å². The summed E-state index contributed by atoms with van der Waals surface area (Å²) in [6, 6.07) is 13.6. The highest BCUT2D eigenvalue weighted by Gasteiger charge is 2.37. The number of rotatable bonds is 9. The van der Waals surface area contributed by atoms with Gasteiger partial charge in [-0.1, -0.05) is 24.3 Å². The Kier molecular flexibility index (Phi) is 7.32. The minimum Gasteiger partial charge on any atom is -0.488 e. The number of carbonyl (C=O) groups is 1. The lowest BCUT2D eigenvalue weighted by Crippen LogP contribution is -2.36. The van der Waals surface area contributed by atoms with Crippen LogP contribution >= 0.6 is 0 Å². The van der Waals surface area contributed by atoms with Crippen LogP contribution in [0.2, 0.25) is 0 Å². The molecule has 1 saturated heterocycles. The monoisotopic (exact) mass is 606 g/mol. The molecule has 0 amide bonds. The fourth-order valence-electron chi connectivity index (χ4n) is 6.21. The number of fused-ring (bicyclic) bond motifs is 2. The number of nitrogens with zero attached hydrogens (tertiary/aromatic N) is 4. The molecule has 8 nitrogen and oxygen atoms in total. The Morgan fingerprint density at radius 1 is 1.09 bits per heavy atom. The molecule has 3 aliphatic rings. The van der Waals surface area contributed by atoms with E-state index in [9.17, 15) is 23.1 Å². The highest BCUT2D eigenvalue weighted by Crippen LogP contribution is 2.43. The van der Waals surface area contributed by atoms with Crippen LogP contribution in [0, 0.1) is 0 Å². The lowest BCUT2D eigenvalue weighted by molar-refractivity contribution is -0.139. The maximum atomic E-state index is 14.2. The molecular weight excluding hydrogens is 573 g/mol. The van der Waals surface area contributed by atoms with E-state index in [1.54, 1.807) is 12.1 Å². The third-order valence-electron chi connectivity index (χ3n) is 9.05. The Hall–Kier alpha value is -3.96. The van der Waals surface area contributed by atoms with E-state index in [-0.39, 0.29) is 30.2 Å². The van der Waals surface area contributed by atoms with E-state index in [2.05, 4.69) is 9.88 Å². The summed E-state index contributed by atoms with van der Waals surface area (Å²) in [5.41, 5.74) is 3.79. The van der Waals surface area contributed by atoms with Crippen molar-refractivity contribution < 1.29 is 32.5 Å². The van der Waals surface area contributed by atoms with Crippen LogP contribution in [0.3, 0.4) is 0 Å². The maximum Gasteiger partial charge on any atom is 0.419 e. The Labute approximate surface area is 252 Å². The molecule has 230 valence electrons. The third-order valence-corrected chi connectivity index (χ3v) is 9.05. The number of halogens is 3. The molecule has 11 heteroatoms. The molecule has 4 heterocycles. The number of hydrogen-bond acceptors (Lipinski definition) is 6. The van der Waals surface area contributed by atoms with Gasteiger partial charge in [0.05, 0.1) is 24.8 Å². The minimum atomic E-state index is -4.54. The predicted molar refractivity (Wildman–Crippen MR) is 156 cm³/mol. The van der Waals surface area contributed by atoms with Crippen molar-refractivity contribution in [3.05, 3.63) is 87.9 Å². The average molecular weight is 607 g/mol. The lowest BCUT2D eigenvalue weighted by Gasteiger charge is -2.36. The standard InChI is InChI=1S/C33H33F3N4O4/c1-19-25-15-29(44-18-20-2-4-21(5-3-20)22-6-7-22)26(33(34,35)36)14-23(25)10-12-39(19)17-30-37-27-8-9-28(32(41)42)38-31(27)40(30)16-24-11-13-43-24/h2-5,8-9,14-15,19,22,24H,6-7,10-13,16-18H2,1H3,(H,41,42)/t19-,24-/m0/s1. The number of benzene rings is 2. The molecule has 2 aromatic heterocycles. The summed E-state index contributed by atoms with van der Waals surface area (Å²) >= 11 is 0. The Bertz CT molecular complexity index is 1710. The second-order valence-corrected chi connectivity index (χ2v) is 12.0. The van der Waals surface area contributed by atoms with Gasteiger partial charge in [-0.2, -0.15) is 13.2 Å². The summed E-state index contributed by atoms with van der Waals surface area (Å²) in [7, 11) is 0. The first-order chi connectivity index (χ1) is 21.1. The summed E-state index contributed by atoms with van der Waals surface area (Å²) in [6.07, 6.45) is -0.849. The summed E-state index contributed by atoms with van der Waals surface area (Å²) in [4.78, 5) is 22.9. The summed E-state index contributed by atoms with van der Waals surface area (Å²) in [5.74, 6) is 0.0251. The lowest BCUT2D eigenvalue weighted by atomic mass is 9.91. The SMILES string of the molecule is C[C@H]1c2cc(OCc3ccc(C4CC4)cc3)c(C(F)(F)F)cc2CCN1Cc1nc2ccc(C(=O)O)nc2n1C[C@@H]1CCO1. The normalized spacial score (nSPS) is 20.4. The van der Waals surface area contributed by atoms with Gasteiger partial charge in [-0.25, -0.2) is 14.8 Å². The number of alkyl halides is 3. The van der Waals surface area contributed by atoms with E-state index >= 15 is 0 Å². The van der Waals surface area contributed by atoms with Crippen molar-refractivity contribution in [1.29, 1.82) is 0 Å². The molecule has 2 aromatic carbocycles. The molecule has 0 radical (unpaired) electrons.